The summed E-state index contributed by atoms with van der Waals surface area (Å²) in [6, 6.07) is 26.4. The molecule has 3 heteroatoms. The Hall–Kier alpha value is -3.20. The summed E-state index contributed by atoms with van der Waals surface area (Å²) in [7, 11) is 0. The summed E-state index contributed by atoms with van der Waals surface area (Å²) in [4.78, 5) is 0. The first-order chi connectivity index (χ1) is 16.8. The first-order valence-corrected chi connectivity index (χ1v) is 13.0. The van der Waals surface area contributed by atoms with Gasteiger partial charge in [-0.05, 0) is 54.4 Å². The van der Waals surface area contributed by atoms with Gasteiger partial charge in [-0.3, -0.25) is 4.57 Å². The topological polar surface area (TPSA) is 30.7 Å². The van der Waals surface area contributed by atoms with Crippen LogP contribution in [0.15, 0.2) is 72.8 Å². The predicted octanol–water partition coefficient (Wildman–Crippen LogP) is 8.60. The minimum absolute atomic E-state index is 0.233. The smallest absolute Gasteiger partial charge is 0.168 e. The molecule has 4 aromatic rings. The highest BCUT2D eigenvalue weighted by atomic mass is 15.3. The number of nitrogens with zero attached hydrogens (tertiary/aromatic N) is 3. The highest BCUT2D eigenvalue weighted by Crippen LogP contribution is 2.41. The fourth-order valence-electron chi connectivity index (χ4n) is 5.23. The van der Waals surface area contributed by atoms with Gasteiger partial charge in [-0.15, -0.1) is 10.2 Å². The van der Waals surface area contributed by atoms with Gasteiger partial charge in [-0.25, -0.2) is 0 Å². The van der Waals surface area contributed by atoms with Crippen LogP contribution < -0.4 is 0 Å². The Morgan fingerprint density at radius 2 is 1.43 bits per heavy atom. The van der Waals surface area contributed by atoms with Gasteiger partial charge in [0.25, 0.3) is 0 Å². The summed E-state index contributed by atoms with van der Waals surface area (Å²) in [6.45, 7) is 15.7. The maximum Gasteiger partial charge on any atom is 0.168 e. The molecule has 0 radical (unpaired) electrons. The van der Waals surface area contributed by atoms with E-state index in [0.717, 1.165) is 30.1 Å². The average Bonchev–Trinajstić information content (AvgIpc) is 3.31. The van der Waals surface area contributed by atoms with E-state index < -0.39 is 0 Å². The second kappa shape index (κ2) is 10.2. The fraction of sp³-hybridized carbons (Fsp3) is 0.375. The van der Waals surface area contributed by atoms with E-state index in [0.29, 0.717) is 11.8 Å². The molecular formula is C32H39N3. The molecule has 0 aliphatic rings. The molecule has 0 spiro atoms. The van der Waals surface area contributed by atoms with E-state index in [1.165, 1.54) is 27.9 Å². The molecule has 0 N–H and O–H groups in total. The summed E-state index contributed by atoms with van der Waals surface area (Å²) < 4.78 is 2.35. The van der Waals surface area contributed by atoms with Crippen molar-refractivity contribution >= 4 is 0 Å². The highest BCUT2D eigenvalue weighted by molar-refractivity contribution is 5.62. The Morgan fingerprint density at radius 1 is 0.771 bits per heavy atom. The number of rotatable bonds is 8. The van der Waals surface area contributed by atoms with Crippen LogP contribution in [0.4, 0.5) is 0 Å². The molecule has 4 rings (SSSR count). The molecule has 1 heterocycles. The standard InChI is InChI=1S/C32H39N3/c1-8-32(9-2,27-13-11-10-12-14-27)31-34-33-30(26-18-16-25(17-19-26)22(3)4)35(31)29-20-15-24(7)21-28(29)23(5)6/h10-23H,8-9H2,1-7H3. The first-order valence-electron chi connectivity index (χ1n) is 13.0. The zero-order valence-electron chi connectivity index (χ0n) is 22.3. The van der Waals surface area contributed by atoms with Gasteiger partial charge in [0.05, 0.1) is 11.1 Å². The maximum absolute atomic E-state index is 4.95. The van der Waals surface area contributed by atoms with Gasteiger partial charge in [-0.1, -0.05) is 114 Å². The van der Waals surface area contributed by atoms with Crippen molar-refractivity contribution in [3.8, 4) is 17.1 Å². The average molecular weight is 466 g/mol. The molecule has 0 aliphatic carbocycles. The summed E-state index contributed by atoms with van der Waals surface area (Å²) in [6.07, 6.45) is 1.89. The molecule has 182 valence electrons. The van der Waals surface area contributed by atoms with Crippen LogP contribution in [0, 0.1) is 6.92 Å². The molecule has 0 saturated heterocycles. The Balaban J connectivity index is 2.04. The second-order valence-corrected chi connectivity index (χ2v) is 10.3. The lowest BCUT2D eigenvalue weighted by Crippen LogP contribution is -2.30. The monoisotopic (exact) mass is 465 g/mol. The highest BCUT2D eigenvalue weighted by Gasteiger charge is 2.37. The lowest BCUT2D eigenvalue weighted by atomic mass is 9.75. The third-order valence-corrected chi connectivity index (χ3v) is 7.51. The SMILES string of the molecule is CCC(CC)(c1ccccc1)c1nnc(-c2ccc(C(C)C)cc2)n1-c1ccc(C)cc1C(C)C. The van der Waals surface area contributed by atoms with Crippen LogP contribution in [0.1, 0.15) is 94.3 Å². The van der Waals surface area contributed by atoms with Crippen molar-refractivity contribution in [1.29, 1.82) is 0 Å². The fourth-order valence-corrected chi connectivity index (χ4v) is 5.23. The lowest BCUT2D eigenvalue weighted by Gasteiger charge is -2.32. The lowest BCUT2D eigenvalue weighted by molar-refractivity contribution is 0.441. The number of hydrogen-bond donors (Lipinski definition) is 0. The van der Waals surface area contributed by atoms with E-state index in [-0.39, 0.29) is 5.41 Å². The molecule has 0 saturated carbocycles. The molecule has 0 aliphatic heterocycles. The normalized spacial score (nSPS) is 12.0. The van der Waals surface area contributed by atoms with Crippen LogP contribution in [-0.2, 0) is 5.41 Å². The zero-order valence-corrected chi connectivity index (χ0v) is 22.3. The van der Waals surface area contributed by atoms with E-state index in [2.05, 4.69) is 126 Å². The minimum atomic E-state index is -0.233. The minimum Gasteiger partial charge on any atom is -0.278 e. The Bertz CT molecular complexity index is 1260. The molecule has 0 fully saturated rings. The number of hydrogen-bond acceptors (Lipinski definition) is 2. The van der Waals surface area contributed by atoms with Crippen LogP contribution in [0.25, 0.3) is 17.1 Å². The van der Waals surface area contributed by atoms with E-state index in [9.17, 15) is 0 Å². The van der Waals surface area contributed by atoms with Gasteiger partial charge in [0.15, 0.2) is 5.82 Å². The summed E-state index contributed by atoms with van der Waals surface area (Å²) in [5.74, 6) is 2.80. The largest absolute Gasteiger partial charge is 0.278 e. The van der Waals surface area contributed by atoms with Crippen LogP contribution in [-0.4, -0.2) is 14.8 Å². The van der Waals surface area contributed by atoms with E-state index in [1.54, 1.807) is 0 Å². The van der Waals surface area contributed by atoms with E-state index in [1.807, 2.05) is 0 Å². The summed E-state index contributed by atoms with van der Waals surface area (Å²) >= 11 is 0. The van der Waals surface area contributed by atoms with Crippen molar-refractivity contribution in [3.05, 3.63) is 101 Å². The van der Waals surface area contributed by atoms with Crippen molar-refractivity contribution < 1.29 is 0 Å². The molecule has 35 heavy (non-hydrogen) atoms. The quantitative estimate of drug-likeness (QED) is 0.261. The first kappa shape index (κ1) is 24.9. The summed E-state index contributed by atoms with van der Waals surface area (Å²) in [5, 5.41) is 9.81. The van der Waals surface area contributed by atoms with Gasteiger partial charge >= 0.3 is 0 Å². The number of aryl methyl sites for hydroxylation is 1. The molecule has 0 amide bonds. The van der Waals surface area contributed by atoms with Gasteiger partial charge in [0, 0.05) is 5.56 Å². The Labute approximate surface area is 211 Å². The third kappa shape index (κ3) is 4.57. The van der Waals surface area contributed by atoms with Crippen molar-refractivity contribution in [2.45, 2.75) is 78.6 Å². The van der Waals surface area contributed by atoms with Gasteiger partial charge in [-0.2, -0.15) is 0 Å². The van der Waals surface area contributed by atoms with Gasteiger partial charge < -0.3 is 0 Å². The van der Waals surface area contributed by atoms with Crippen molar-refractivity contribution in [3.63, 3.8) is 0 Å². The Morgan fingerprint density at radius 3 is 2.00 bits per heavy atom. The molecule has 0 unspecified atom stereocenters. The van der Waals surface area contributed by atoms with Crippen LogP contribution in [0.2, 0.25) is 0 Å². The molecule has 1 aromatic heterocycles. The number of aromatic nitrogens is 3. The predicted molar refractivity (Wildman–Crippen MR) is 148 cm³/mol. The molecule has 0 bridgehead atoms. The van der Waals surface area contributed by atoms with Gasteiger partial charge in [0.2, 0.25) is 0 Å². The van der Waals surface area contributed by atoms with Gasteiger partial charge in [0.1, 0.15) is 5.82 Å². The zero-order chi connectivity index (χ0) is 25.2. The van der Waals surface area contributed by atoms with E-state index in [4.69, 9.17) is 10.2 Å². The maximum atomic E-state index is 4.95. The van der Waals surface area contributed by atoms with Crippen LogP contribution in [0.5, 0.6) is 0 Å². The van der Waals surface area contributed by atoms with Crippen LogP contribution in [0.3, 0.4) is 0 Å². The molecular weight excluding hydrogens is 426 g/mol. The van der Waals surface area contributed by atoms with E-state index >= 15 is 0 Å². The van der Waals surface area contributed by atoms with Crippen LogP contribution >= 0.6 is 0 Å². The molecule has 3 nitrogen and oxygen atoms in total. The number of benzene rings is 3. The van der Waals surface area contributed by atoms with Crippen molar-refractivity contribution in [1.82, 2.24) is 14.8 Å². The molecule has 0 atom stereocenters. The third-order valence-electron chi connectivity index (χ3n) is 7.51. The Kier molecular flexibility index (Phi) is 7.25. The van der Waals surface area contributed by atoms with Crippen molar-refractivity contribution in [2.24, 2.45) is 0 Å². The summed E-state index contributed by atoms with van der Waals surface area (Å²) in [5.41, 5.74) is 7.25. The second-order valence-electron chi connectivity index (χ2n) is 10.3. The molecule has 3 aromatic carbocycles. The van der Waals surface area contributed by atoms with Crippen molar-refractivity contribution in [2.75, 3.05) is 0 Å².